The molecule has 0 aliphatic heterocycles. The number of anilines is 1. The standard InChI is InChI=1S/C28H38F3N3O4S/c1-7-24(26(36)32-27(3,4)5)33(19-21-12-8-11-20(2)17-21)25(35)15-10-16-34(39(6,37)38)23-14-9-13-22(18-23)28(29,30)31/h8-9,11-14,17-18,24H,7,10,15-16,19H2,1-6H3,(H,32,36)/t24-/m1/s1. The fourth-order valence-corrected chi connectivity index (χ4v) is 5.18. The van der Waals surface area contributed by atoms with Gasteiger partial charge in [0.05, 0.1) is 17.5 Å². The van der Waals surface area contributed by atoms with E-state index in [9.17, 15) is 31.2 Å². The lowest BCUT2D eigenvalue weighted by Gasteiger charge is -2.33. The fraction of sp³-hybridized carbons (Fsp3) is 0.500. The molecule has 0 saturated carbocycles. The van der Waals surface area contributed by atoms with Crippen LogP contribution in [0.2, 0.25) is 0 Å². The van der Waals surface area contributed by atoms with Gasteiger partial charge in [-0.2, -0.15) is 13.2 Å². The van der Waals surface area contributed by atoms with Crippen molar-refractivity contribution in [3.8, 4) is 0 Å². The number of nitrogens with one attached hydrogen (secondary N) is 1. The quantitative estimate of drug-likeness (QED) is 0.399. The van der Waals surface area contributed by atoms with Gasteiger partial charge in [-0.1, -0.05) is 42.8 Å². The smallest absolute Gasteiger partial charge is 0.350 e. The predicted octanol–water partition coefficient (Wildman–Crippen LogP) is 5.28. The third kappa shape index (κ3) is 9.87. The first-order valence-corrected chi connectivity index (χ1v) is 14.6. The number of halogens is 3. The summed E-state index contributed by atoms with van der Waals surface area (Å²) in [7, 11) is -3.93. The number of rotatable bonds is 11. The van der Waals surface area contributed by atoms with Crippen LogP contribution in [-0.4, -0.2) is 49.5 Å². The number of benzene rings is 2. The largest absolute Gasteiger partial charge is 0.416 e. The van der Waals surface area contributed by atoms with Crippen molar-refractivity contribution < 1.29 is 31.2 Å². The van der Waals surface area contributed by atoms with E-state index in [0.717, 1.165) is 39.9 Å². The molecular weight excluding hydrogens is 531 g/mol. The minimum Gasteiger partial charge on any atom is -0.350 e. The van der Waals surface area contributed by atoms with E-state index in [-0.39, 0.29) is 43.4 Å². The van der Waals surface area contributed by atoms with Crippen LogP contribution in [0.1, 0.15) is 63.6 Å². The number of alkyl halides is 3. The molecule has 7 nitrogen and oxygen atoms in total. The van der Waals surface area contributed by atoms with Gasteiger partial charge in [-0.3, -0.25) is 13.9 Å². The molecule has 0 bridgehead atoms. The van der Waals surface area contributed by atoms with Crippen LogP contribution in [0.15, 0.2) is 48.5 Å². The molecule has 0 aliphatic carbocycles. The van der Waals surface area contributed by atoms with Gasteiger partial charge >= 0.3 is 6.18 Å². The Labute approximate surface area is 229 Å². The van der Waals surface area contributed by atoms with Crippen LogP contribution < -0.4 is 9.62 Å². The van der Waals surface area contributed by atoms with E-state index < -0.39 is 33.3 Å². The molecule has 0 heterocycles. The molecule has 0 aromatic heterocycles. The van der Waals surface area contributed by atoms with Gasteiger partial charge in [0.25, 0.3) is 0 Å². The molecule has 1 atom stereocenters. The Bertz CT molecular complexity index is 1260. The molecule has 0 saturated heterocycles. The number of carbonyl (C=O) groups is 2. The monoisotopic (exact) mass is 569 g/mol. The van der Waals surface area contributed by atoms with E-state index in [2.05, 4.69) is 5.32 Å². The summed E-state index contributed by atoms with van der Waals surface area (Å²) in [6.07, 6.45) is -3.42. The summed E-state index contributed by atoms with van der Waals surface area (Å²) in [5.74, 6) is -0.655. The molecule has 2 rings (SSSR count). The van der Waals surface area contributed by atoms with Crippen molar-refractivity contribution in [2.24, 2.45) is 0 Å². The lowest BCUT2D eigenvalue weighted by Crippen LogP contribution is -2.53. The number of nitrogens with zero attached hydrogens (tertiary/aromatic N) is 2. The highest BCUT2D eigenvalue weighted by molar-refractivity contribution is 7.92. The maximum absolute atomic E-state index is 13.5. The second-order valence-electron chi connectivity index (χ2n) is 10.7. The van der Waals surface area contributed by atoms with Gasteiger partial charge in [-0.15, -0.1) is 0 Å². The number of sulfonamides is 1. The van der Waals surface area contributed by atoms with Gasteiger partial charge in [0.15, 0.2) is 0 Å². The van der Waals surface area contributed by atoms with Crippen LogP contribution in [0.25, 0.3) is 0 Å². The van der Waals surface area contributed by atoms with Crippen molar-refractivity contribution in [1.82, 2.24) is 10.2 Å². The number of carbonyl (C=O) groups excluding carboxylic acids is 2. The number of aryl methyl sites for hydroxylation is 1. The average molecular weight is 570 g/mol. The zero-order valence-electron chi connectivity index (χ0n) is 23.3. The molecule has 11 heteroatoms. The second kappa shape index (κ2) is 12.8. The topological polar surface area (TPSA) is 86.8 Å². The average Bonchev–Trinajstić information content (AvgIpc) is 2.79. The minimum atomic E-state index is -4.63. The molecule has 0 aliphatic rings. The highest BCUT2D eigenvalue weighted by atomic mass is 32.2. The van der Waals surface area contributed by atoms with E-state index in [1.54, 1.807) is 0 Å². The lowest BCUT2D eigenvalue weighted by atomic mass is 10.0. The zero-order chi connectivity index (χ0) is 29.6. The summed E-state index contributed by atoms with van der Waals surface area (Å²) in [4.78, 5) is 28.1. The lowest BCUT2D eigenvalue weighted by molar-refractivity contribution is -0.142. The zero-order valence-corrected chi connectivity index (χ0v) is 24.1. The van der Waals surface area contributed by atoms with Crippen LogP contribution in [0.3, 0.4) is 0 Å². The molecule has 216 valence electrons. The maximum atomic E-state index is 13.5. The van der Waals surface area contributed by atoms with Gasteiger partial charge < -0.3 is 10.2 Å². The Hall–Kier alpha value is -3.08. The highest BCUT2D eigenvalue weighted by Gasteiger charge is 2.33. The molecule has 0 radical (unpaired) electrons. The minimum absolute atomic E-state index is 0.0454. The van der Waals surface area contributed by atoms with Crippen molar-refractivity contribution in [2.45, 2.75) is 78.2 Å². The molecule has 2 aromatic rings. The van der Waals surface area contributed by atoms with Crippen molar-refractivity contribution in [2.75, 3.05) is 17.1 Å². The molecule has 0 unspecified atom stereocenters. The third-order valence-electron chi connectivity index (χ3n) is 5.93. The SMILES string of the molecule is CC[C@H](C(=O)NC(C)(C)C)N(Cc1cccc(C)c1)C(=O)CCCN(c1cccc(C(F)(F)F)c1)S(C)(=O)=O. The van der Waals surface area contributed by atoms with Crippen LogP contribution in [0.5, 0.6) is 0 Å². The number of amides is 2. The predicted molar refractivity (Wildman–Crippen MR) is 147 cm³/mol. The van der Waals surface area contributed by atoms with Gasteiger partial charge in [0.2, 0.25) is 21.8 Å². The number of hydrogen-bond acceptors (Lipinski definition) is 4. The van der Waals surface area contributed by atoms with Crippen molar-refractivity contribution in [1.29, 1.82) is 0 Å². The van der Waals surface area contributed by atoms with E-state index in [0.29, 0.717) is 6.42 Å². The summed E-state index contributed by atoms with van der Waals surface area (Å²) in [5.41, 5.74) is 0.227. The Morgan fingerprint density at radius 1 is 1.03 bits per heavy atom. The summed E-state index contributed by atoms with van der Waals surface area (Å²) in [5, 5.41) is 2.92. The Morgan fingerprint density at radius 2 is 1.67 bits per heavy atom. The molecule has 39 heavy (non-hydrogen) atoms. The normalized spacial score (nSPS) is 13.1. The van der Waals surface area contributed by atoms with Gasteiger partial charge in [-0.25, -0.2) is 8.42 Å². The fourth-order valence-electron chi connectivity index (χ4n) is 4.22. The van der Waals surface area contributed by atoms with E-state index in [1.165, 1.54) is 11.0 Å². The van der Waals surface area contributed by atoms with E-state index in [4.69, 9.17) is 0 Å². The third-order valence-corrected chi connectivity index (χ3v) is 7.13. The molecule has 2 amide bonds. The van der Waals surface area contributed by atoms with Crippen LogP contribution in [-0.2, 0) is 32.3 Å². The van der Waals surface area contributed by atoms with E-state index >= 15 is 0 Å². The molecule has 2 aromatic carbocycles. The summed E-state index contributed by atoms with van der Waals surface area (Å²) < 4.78 is 65.4. The van der Waals surface area contributed by atoms with Crippen LogP contribution in [0, 0.1) is 6.92 Å². The van der Waals surface area contributed by atoms with Gasteiger partial charge in [0.1, 0.15) is 6.04 Å². The summed E-state index contributed by atoms with van der Waals surface area (Å²) in [6.45, 7) is 9.25. The Balaban J connectivity index is 2.28. The van der Waals surface area contributed by atoms with Crippen LogP contribution in [0.4, 0.5) is 18.9 Å². The van der Waals surface area contributed by atoms with Crippen LogP contribution >= 0.6 is 0 Å². The highest BCUT2D eigenvalue weighted by Crippen LogP contribution is 2.32. The van der Waals surface area contributed by atoms with E-state index in [1.807, 2.05) is 58.9 Å². The van der Waals surface area contributed by atoms with Crippen molar-refractivity contribution in [3.05, 3.63) is 65.2 Å². The maximum Gasteiger partial charge on any atom is 0.416 e. The van der Waals surface area contributed by atoms with Crippen molar-refractivity contribution >= 4 is 27.5 Å². The molecule has 0 spiro atoms. The second-order valence-corrected chi connectivity index (χ2v) is 12.6. The first kappa shape index (κ1) is 32.1. The number of hydrogen-bond donors (Lipinski definition) is 1. The molecule has 0 fully saturated rings. The van der Waals surface area contributed by atoms with Gasteiger partial charge in [-0.05, 0) is 64.3 Å². The Kier molecular flexibility index (Phi) is 10.6. The summed E-state index contributed by atoms with van der Waals surface area (Å²) in [6, 6.07) is 10.9. The first-order valence-electron chi connectivity index (χ1n) is 12.7. The Morgan fingerprint density at radius 3 is 2.21 bits per heavy atom. The summed E-state index contributed by atoms with van der Waals surface area (Å²) >= 11 is 0. The molecular formula is C28H38F3N3O4S. The molecule has 1 N–H and O–H groups in total. The first-order chi connectivity index (χ1) is 17.9. The van der Waals surface area contributed by atoms with Gasteiger partial charge in [0, 0.05) is 25.0 Å². The van der Waals surface area contributed by atoms with Crippen molar-refractivity contribution in [3.63, 3.8) is 0 Å².